The number of unbranched alkanes of at least 4 members (excludes halogenated alkanes) is 1. The maximum atomic E-state index is 5.73. The molecule has 0 radical (unpaired) electrons. The Kier molecular flexibility index (Phi) is 11.1. The van der Waals surface area contributed by atoms with Crippen LogP contribution in [0, 0.1) is 0 Å². The summed E-state index contributed by atoms with van der Waals surface area (Å²) in [5, 5.41) is 0. The minimum atomic E-state index is -1.94. The Labute approximate surface area is 127 Å². The summed E-state index contributed by atoms with van der Waals surface area (Å²) in [7, 11) is 3.30. The lowest BCUT2D eigenvalue weighted by Gasteiger charge is -2.29. The summed E-state index contributed by atoms with van der Waals surface area (Å²) < 4.78 is 22.9. The molecule has 0 saturated heterocycles. The molecule has 0 atom stereocenters. The van der Waals surface area contributed by atoms with E-state index in [1.165, 1.54) is 0 Å². The Bertz CT molecular complexity index is 207. The van der Waals surface area contributed by atoms with Gasteiger partial charge in [-0.1, -0.05) is 39.5 Å². The largest absolute Gasteiger partial charge is 0.398 e. The molecule has 0 aliphatic rings. The first-order chi connectivity index (χ1) is 9.57. The normalized spacial score (nSPS) is 12.9. The van der Waals surface area contributed by atoms with Crippen molar-refractivity contribution in [1.82, 2.24) is 0 Å². The third-order valence-electron chi connectivity index (χ3n) is 4.12. The number of rotatable bonds is 13. The van der Waals surface area contributed by atoms with Crippen LogP contribution in [0.4, 0.5) is 0 Å². The van der Waals surface area contributed by atoms with Crippen LogP contribution in [0.15, 0.2) is 0 Å². The summed E-state index contributed by atoms with van der Waals surface area (Å²) in [5.41, 5.74) is 0. The van der Waals surface area contributed by atoms with Gasteiger partial charge in [-0.2, -0.15) is 0 Å². The summed E-state index contributed by atoms with van der Waals surface area (Å²) in [6, 6.07) is 4.29. The highest BCUT2D eigenvalue weighted by Gasteiger charge is 2.36. The topological polar surface area (TPSA) is 36.9 Å². The average molecular weight is 323 g/mol. The third kappa shape index (κ3) is 6.36. The van der Waals surface area contributed by atoms with Gasteiger partial charge >= 0.3 is 17.1 Å². The van der Waals surface area contributed by atoms with Gasteiger partial charge in [0.1, 0.15) is 0 Å². The van der Waals surface area contributed by atoms with Gasteiger partial charge in [-0.05, 0) is 24.2 Å². The summed E-state index contributed by atoms with van der Waals surface area (Å²) in [6.07, 6.45) is 4.52. The summed E-state index contributed by atoms with van der Waals surface area (Å²) in [4.78, 5) is 0. The molecule has 0 unspecified atom stereocenters. The van der Waals surface area contributed by atoms with Crippen molar-refractivity contribution < 1.29 is 17.7 Å². The second kappa shape index (κ2) is 10.9. The molecule has 0 saturated carbocycles. The van der Waals surface area contributed by atoms with Gasteiger partial charge in [0.2, 0.25) is 0 Å². The van der Waals surface area contributed by atoms with E-state index in [1.54, 1.807) is 28.4 Å². The minimum absolute atomic E-state index is 1.07. The predicted octanol–water partition coefficient (Wildman–Crippen LogP) is 4.06. The van der Waals surface area contributed by atoms with Crippen LogP contribution < -0.4 is 0 Å². The maximum absolute atomic E-state index is 5.73. The Hall–Kier alpha value is 0.274. The Balaban J connectivity index is 4.27. The molecule has 4 nitrogen and oxygen atoms in total. The first-order valence-corrected chi connectivity index (χ1v) is 12.2. The summed E-state index contributed by atoms with van der Waals surface area (Å²) >= 11 is 0. The van der Waals surface area contributed by atoms with Crippen molar-refractivity contribution in [1.29, 1.82) is 0 Å². The monoisotopic (exact) mass is 322 g/mol. The fourth-order valence-electron chi connectivity index (χ4n) is 2.78. The third-order valence-corrected chi connectivity index (χ3v) is 11.8. The molecule has 0 fully saturated rings. The van der Waals surface area contributed by atoms with Gasteiger partial charge in [0.25, 0.3) is 0 Å². The van der Waals surface area contributed by atoms with E-state index in [0.29, 0.717) is 0 Å². The van der Waals surface area contributed by atoms with E-state index >= 15 is 0 Å². The molecule has 0 rings (SSSR count). The van der Waals surface area contributed by atoms with Crippen molar-refractivity contribution in [3.8, 4) is 0 Å². The van der Waals surface area contributed by atoms with Gasteiger partial charge in [-0.3, -0.25) is 0 Å². The summed E-state index contributed by atoms with van der Waals surface area (Å²) in [5.74, 6) is 0. The van der Waals surface area contributed by atoms with Crippen LogP contribution in [0.2, 0.25) is 24.2 Å². The first kappa shape index (κ1) is 20.3. The van der Waals surface area contributed by atoms with Crippen LogP contribution in [0.3, 0.4) is 0 Å². The molecule has 0 amide bonds. The first-order valence-electron chi connectivity index (χ1n) is 7.78. The van der Waals surface area contributed by atoms with Gasteiger partial charge in [0, 0.05) is 28.4 Å². The minimum Gasteiger partial charge on any atom is -0.398 e. The van der Waals surface area contributed by atoms with Crippen LogP contribution in [0.1, 0.15) is 39.5 Å². The van der Waals surface area contributed by atoms with Crippen LogP contribution in [0.5, 0.6) is 0 Å². The fraction of sp³-hybridized carbons (Fsp3) is 1.00. The van der Waals surface area contributed by atoms with Crippen molar-refractivity contribution in [2.24, 2.45) is 0 Å². The molecular weight excluding hydrogens is 288 g/mol. The van der Waals surface area contributed by atoms with Gasteiger partial charge in [-0.25, -0.2) is 0 Å². The standard InChI is InChI=1S/C14H34O4Si2/c1-7-11-19(15-3,16-4)13-9-10-14-20(17-5,18-6)12-8-2/h7-14H2,1-6H3. The zero-order valence-corrected chi connectivity index (χ0v) is 16.3. The lowest BCUT2D eigenvalue weighted by Crippen LogP contribution is -2.41. The van der Waals surface area contributed by atoms with E-state index in [2.05, 4.69) is 13.8 Å². The average Bonchev–Trinajstić information content (AvgIpc) is 2.49. The predicted molar refractivity (Wildman–Crippen MR) is 88.6 cm³/mol. The summed E-state index contributed by atoms with van der Waals surface area (Å²) in [6.45, 7) is 4.38. The van der Waals surface area contributed by atoms with E-state index < -0.39 is 17.1 Å². The van der Waals surface area contributed by atoms with Crippen LogP contribution in [0.25, 0.3) is 0 Å². The number of hydrogen-bond donors (Lipinski definition) is 0. The van der Waals surface area contributed by atoms with Crippen LogP contribution in [-0.4, -0.2) is 45.6 Å². The molecular formula is C14H34O4Si2. The highest BCUT2D eigenvalue weighted by atomic mass is 28.4. The van der Waals surface area contributed by atoms with E-state index in [9.17, 15) is 0 Å². The molecule has 0 N–H and O–H groups in total. The molecule has 0 aromatic rings. The molecule has 0 aliphatic carbocycles. The molecule has 0 bridgehead atoms. The van der Waals surface area contributed by atoms with Crippen molar-refractivity contribution in [3.05, 3.63) is 0 Å². The van der Waals surface area contributed by atoms with Crippen molar-refractivity contribution in [3.63, 3.8) is 0 Å². The van der Waals surface area contributed by atoms with Gasteiger partial charge in [-0.15, -0.1) is 0 Å². The Morgan fingerprint density at radius 3 is 1.05 bits per heavy atom. The van der Waals surface area contributed by atoms with E-state index in [1.807, 2.05) is 0 Å². The van der Waals surface area contributed by atoms with E-state index in [0.717, 1.165) is 49.9 Å². The molecule has 0 spiro atoms. The van der Waals surface area contributed by atoms with Crippen molar-refractivity contribution in [2.75, 3.05) is 28.4 Å². The second-order valence-corrected chi connectivity index (χ2v) is 12.6. The lowest BCUT2D eigenvalue weighted by atomic mass is 10.4. The Morgan fingerprint density at radius 1 is 0.550 bits per heavy atom. The number of hydrogen-bond acceptors (Lipinski definition) is 4. The molecule has 0 aromatic carbocycles. The van der Waals surface area contributed by atoms with Gasteiger partial charge in [0.05, 0.1) is 0 Å². The van der Waals surface area contributed by atoms with Crippen LogP contribution >= 0.6 is 0 Å². The highest BCUT2D eigenvalue weighted by Crippen LogP contribution is 2.26. The molecule has 122 valence electrons. The van der Waals surface area contributed by atoms with Crippen molar-refractivity contribution in [2.45, 2.75) is 63.7 Å². The smallest absolute Gasteiger partial charge is 0.337 e. The maximum Gasteiger partial charge on any atom is 0.337 e. The van der Waals surface area contributed by atoms with Gasteiger partial charge in [0.15, 0.2) is 0 Å². The van der Waals surface area contributed by atoms with Gasteiger partial charge < -0.3 is 17.7 Å². The molecule has 20 heavy (non-hydrogen) atoms. The fourth-order valence-corrected chi connectivity index (χ4v) is 8.35. The van der Waals surface area contributed by atoms with Crippen LogP contribution in [-0.2, 0) is 17.7 Å². The molecule has 6 heteroatoms. The molecule has 0 aromatic heterocycles. The highest BCUT2D eigenvalue weighted by molar-refractivity contribution is 6.68. The second-order valence-electron chi connectivity index (χ2n) is 5.34. The van der Waals surface area contributed by atoms with E-state index in [4.69, 9.17) is 17.7 Å². The SMILES string of the molecule is CCC[Si](CCCC[Si](CCC)(OC)OC)(OC)OC. The molecule has 0 aliphatic heterocycles. The Morgan fingerprint density at radius 2 is 0.850 bits per heavy atom. The zero-order valence-electron chi connectivity index (χ0n) is 14.3. The molecule has 0 heterocycles. The van der Waals surface area contributed by atoms with Crippen molar-refractivity contribution >= 4 is 17.1 Å². The zero-order chi connectivity index (χ0) is 15.5. The van der Waals surface area contributed by atoms with E-state index in [-0.39, 0.29) is 0 Å². The lowest BCUT2D eigenvalue weighted by molar-refractivity contribution is 0.234. The quantitative estimate of drug-likeness (QED) is 0.378.